The first-order valence-corrected chi connectivity index (χ1v) is 48.8. The fourth-order valence-corrected chi connectivity index (χ4v) is 16.1. The Kier molecular flexibility index (Phi) is 93.8. The maximum Gasteiger partial charge on any atom is 1.00 e. The van der Waals surface area contributed by atoms with E-state index < -0.39 is 302 Å². The van der Waals surface area contributed by atoms with Crippen LogP contribution in [0.25, 0.3) is 0 Å². The molecule has 0 N–H and O–H groups in total. The predicted octanol–water partition coefficient (Wildman–Crippen LogP) is -18.4. The van der Waals surface area contributed by atoms with Crippen LogP contribution >= 0.6 is 0 Å². The second-order valence-corrected chi connectivity index (χ2v) is 40.5. The van der Waals surface area contributed by atoms with E-state index in [1.165, 1.54) is 0 Å². The van der Waals surface area contributed by atoms with Crippen LogP contribution in [0.5, 0.6) is 0 Å². The van der Waals surface area contributed by atoms with Crippen LogP contribution < -0.4 is 189 Å². The van der Waals surface area contributed by atoms with Gasteiger partial charge in [0.05, 0.1) is 26.2 Å². The second-order valence-electron chi connectivity index (χ2n) is 27.2. The monoisotopic (exact) mass is 2360 g/mol. The van der Waals surface area contributed by atoms with Crippen LogP contribution in [0, 0.1) is 5.92 Å². The summed E-state index contributed by atoms with van der Waals surface area (Å²) in [6.45, 7) is 6.59. The van der Waals surface area contributed by atoms with Crippen molar-refractivity contribution in [2.75, 3.05) is 53.9 Å². The summed E-state index contributed by atoms with van der Waals surface area (Å²) in [6, 6.07) is -1.97. The number of rotatable bonds is 32. The van der Waals surface area contributed by atoms with Gasteiger partial charge in [0.25, 0.3) is 11.9 Å². The zero-order valence-corrected chi connectivity index (χ0v) is 88.0. The van der Waals surface area contributed by atoms with Crippen molar-refractivity contribution in [3.05, 3.63) is 147 Å². The van der Waals surface area contributed by atoms with Crippen molar-refractivity contribution < 1.29 is 450 Å². The van der Waals surface area contributed by atoms with Crippen molar-refractivity contribution >= 4 is 103 Å². The third-order valence-electron chi connectivity index (χ3n) is 16.6. The number of hydrogen-bond acceptors (Lipinski definition) is 30. The van der Waals surface area contributed by atoms with Gasteiger partial charge in [0.1, 0.15) is 37.0 Å². The third kappa shape index (κ3) is 77.9. The third-order valence-corrected chi connectivity index (χ3v) is 25.7. The van der Waals surface area contributed by atoms with Gasteiger partial charge in [0.15, 0.2) is 115 Å². The first-order chi connectivity index (χ1) is 61.8. The predicted molar refractivity (Wildman–Crippen MR) is 402 cm³/mol. The molecule has 0 radical (unpaired) electrons. The van der Waals surface area contributed by atoms with Crippen LogP contribution in [-0.4, -0.2) is 274 Å². The standard InChI is InChI=1S/C10H17F2NO3S.C8H15F2NO3S.C7H13F2NO3S.C6H5F6NO3S.C6H11F2NO3S.C6H9F2NO3S.C4HF6NO3S.C4H3F4NO3S.2C4H5F2NO3S.10Li/c1-9(6-7-9)13(17(14,15)16)8-2-4-10(11,12)5-3-8;1-11(15(12,13)14)6-7-3-2-4-8(9,10)5-7;1-10(14(11,12)13)6-2-4-7(8,9)5-3-6;7-3(5(9)10)1-13(17(14,15)16)2-4(8)6(11)12;1-9(13(10,11)12)5-2-3-6(7,8)4-5;1-5(7)3-9(4-6(2)8)13(10,11)12;5-1(6)3(9)11(15(12,13)14)4(10)2(7)8;5-1-3(7)9(4(8)2-6)13(10,11)12;1-3(5)7(4(2)6)11(8,9)10;5-1-3-7(4-2-6)11(8,9)10;;;;;;;;;;/h8H,2-7H2,1H3,(H,14,15,16);7H,2-6H2,1H3,(H,12,13,14);6H,2-5H2,1H3,(H,11,12,13);1-2H2,(H,14,15,16);5H,2-4H2,1H3,(H,10,11,12);1-4H2,(H,10,11,12);(H,12,13,14);1-2H,(H,10,11,12);1-2H2,(H,8,9,10);1-4H,(H,8,9,10);;;;;;;;;;/q;;;;;;;;;;10*+1/p-10. The van der Waals surface area contributed by atoms with Gasteiger partial charge >= 0.3 is 213 Å². The zero-order chi connectivity index (χ0) is 111. The van der Waals surface area contributed by atoms with E-state index in [9.17, 15) is 261 Å². The maximum atomic E-state index is 13.0. The van der Waals surface area contributed by atoms with Gasteiger partial charge in [-0.1, -0.05) is 13.2 Å². The van der Waals surface area contributed by atoms with E-state index in [4.69, 9.17) is 0 Å². The molecule has 90 heteroatoms. The van der Waals surface area contributed by atoms with Gasteiger partial charge in [0.2, 0.25) is 47.5 Å². The van der Waals surface area contributed by atoms with E-state index in [0.717, 1.165) is 25.4 Å². The Bertz CT molecular complexity index is 5520. The van der Waals surface area contributed by atoms with Gasteiger partial charge in [-0.3, -0.25) is 4.31 Å². The molecule has 40 nitrogen and oxygen atoms in total. The smallest absolute Gasteiger partial charge is 0.735 e. The average Bonchev–Trinajstić information content (AvgIpc) is 1.60. The SMILES string of the molecule is C=C(F)CN(CC(=C)F)S(=O)(=O)[O-].C=C(F)N(C(=C)F)S(=O)(=O)[O-].CC1(N(C2CCC(F)(F)CC2)S(=O)(=O)[O-])CC1.CN(C1CCC(F)(F)C1)S(=O)(=O)[O-].CN(C1CCC(F)(F)CC1)S(=O)(=O)[O-].CN(CC1CCCC(F)(F)C1)S(=O)(=O)[O-].O=S(=O)([O-])N(C(F)=C(F)F)C(F)=C(F)F.O=S(=O)([O-])N(C(F)=CF)C(F)=CF.O=S(=O)([O-])N(C=CF)C=CF.O=S(=O)([O-])N(CC(F)=C(F)F)CC(F)=C(F)F.[Li+].[Li+].[Li+].[Li+].[Li+].[Li+].[Li+].[Li+].[Li+].[Li+]. The molecule has 0 amide bonds. The van der Waals surface area contributed by atoms with E-state index in [-0.39, 0.29) is 306 Å². The van der Waals surface area contributed by atoms with Crippen LogP contribution in [0.1, 0.15) is 116 Å². The van der Waals surface area contributed by atoms with Crippen LogP contribution in [0.4, 0.5) is 132 Å². The Labute approximate surface area is 957 Å². The van der Waals surface area contributed by atoms with Crippen LogP contribution in [0.3, 0.4) is 0 Å². The largest absolute Gasteiger partial charge is 1.00 e. The molecule has 820 valence electrons. The summed E-state index contributed by atoms with van der Waals surface area (Å²) < 4.78 is 670. The fraction of sp³-hybridized carbons (Fsp3) is 0.593. The Morgan fingerprint density at radius 3 is 0.812 bits per heavy atom. The molecule has 5 aliphatic carbocycles. The molecule has 5 rings (SSSR count). The Morgan fingerprint density at radius 2 is 0.604 bits per heavy atom. The van der Waals surface area contributed by atoms with Gasteiger partial charge in [-0.2, -0.15) is 83.0 Å². The van der Waals surface area contributed by atoms with E-state index >= 15 is 0 Å². The Balaban J connectivity index is -0.000000103. The Morgan fingerprint density at radius 1 is 0.322 bits per heavy atom. The summed E-state index contributed by atoms with van der Waals surface area (Å²) in [5.41, 5.74) is -0.627. The molecule has 0 aromatic heterocycles. The molecule has 0 spiro atoms. The van der Waals surface area contributed by atoms with E-state index in [1.54, 1.807) is 6.92 Å². The first-order valence-electron chi connectivity index (χ1n) is 35.2. The molecule has 5 saturated carbocycles. The van der Waals surface area contributed by atoms with E-state index in [1.807, 2.05) is 0 Å². The molecule has 5 aliphatic rings. The molecule has 2 atom stereocenters. The Hall–Kier alpha value is -1.19. The summed E-state index contributed by atoms with van der Waals surface area (Å²) in [4.78, 5) is 0. The molecular formula is C59H74F30Li10N10O30S10. The molecule has 0 aromatic carbocycles. The zero-order valence-electron chi connectivity index (χ0n) is 79.8. The van der Waals surface area contributed by atoms with Gasteiger partial charge in [-0.05, 0) is 83.8 Å². The summed E-state index contributed by atoms with van der Waals surface area (Å²) >= 11 is 0. The fourth-order valence-electron chi connectivity index (χ4n) is 10.2. The van der Waals surface area contributed by atoms with Crippen molar-refractivity contribution in [3.63, 3.8) is 0 Å². The second kappa shape index (κ2) is 77.4. The van der Waals surface area contributed by atoms with E-state index in [2.05, 4.69) is 26.3 Å². The summed E-state index contributed by atoms with van der Waals surface area (Å²) in [5, 5.41) is 0. The summed E-state index contributed by atoms with van der Waals surface area (Å²) in [7, 11) is -47.2. The van der Waals surface area contributed by atoms with E-state index in [0.29, 0.717) is 38.6 Å². The average molecular weight is 2360 g/mol. The van der Waals surface area contributed by atoms with Crippen molar-refractivity contribution in [3.8, 4) is 0 Å². The number of nitrogens with zero attached hydrogens (tertiary/aromatic N) is 10. The van der Waals surface area contributed by atoms with Gasteiger partial charge in [-0.25, -0.2) is 172 Å². The minimum atomic E-state index is -6.20. The molecule has 0 saturated heterocycles. The van der Waals surface area contributed by atoms with Crippen LogP contribution in [0.15, 0.2) is 147 Å². The minimum Gasteiger partial charge on any atom is -0.735 e. The van der Waals surface area contributed by atoms with Crippen molar-refractivity contribution in [2.45, 2.75) is 163 Å². The molecular weight excluding hydrogens is 2290 g/mol. The normalized spacial score (nSPS) is 17.1. The number of alkyl halides is 8. The van der Waals surface area contributed by atoms with Crippen molar-refractivity contribution in [1.82, 2.24) is 43.1 Å². The molecule has 0 aromatic rings. The topological polar surface area (TPSA) is 604 Å². The summed E-state index contributed by atoms with van der Waals surface area (Å²) in [6.07, 6.45) is -14.8. The van der Waals surface area contributed by atoms with Gasteiger partial charge in [0, 0.05) is 115 Å². The minimum absolute atomic E-state index is 0. The van der Waals surface area contributed by atoms with Crippen LogP contribution in [-0.2, 0) is 103 Å². The molecule has 0 aliphatic heterocycles. The van der Waals surface area contributed by atoms with Crippen molar-refractivity contribution in [2.24, 2.45) is 5.92 Å². The molecule has 2 unspecified atom stereocenters. The molecule has 149 heavy (non-hydrogen) atoms. The van der Waals surface area contributed by atoms with Crippen LogP contribution in [0.2, 0.25) is 0 Å². The molecule has 0 bridgehead atoms. The number of halogens is 30. The van der Waals surface area contributed by atoms with Gasteiger partial charge in [-0.15, -0.1) is 0 Å². The number of hydrogen-bond donors (Lipinski definition) is 0. The summed E-state index contributed by atoms with van der Waals surface area (Å²) in [5.74, 6) is -32.8. The first kappa shape index (κ1) is 181. The maximum absolute atomic E-state index is 13.0. The molecule has 5 fully saturated rings. The molecule has 0 heterocycles. The van der Waals surface area contributed by atoms with Gasteiger partial charge < -0.3 is 45.5 Å². The van der Waals surface area contributed by atoms with Crippen molar-refractivity contribution in [1.29, 1.82) is 0 Å². The quantitative estimate of drug-likeness (QED) is 0.0261.